The van der Waals surface area contributed by atoms with E-state index in [0.717, 1.165) is 11.1 Å². The molecule has 0 aliphatic carbocycles. The van der Waals surface area contributed by atoms with Gasteiger partial charge >= 0.3 is 5.97 Å². The molecule has 1 amide bonds. The van der Waals surface area contributed by atoms with Crippen LogP contribution >= 0.6 is 0 Å². The second kappa shape index (κ2) is 8.91. The molecule has 1 aromatic carbocycles. The Kier molecular flexibility index (Phi) is 5.66. The maximum absolute atomic E-state index is 13.3. The molecule has 0 atom stereocenters. The van der Waals surface area contributed by atoms with Gasteiger partial charge in [-0.15, -0.1) is 0 Å². The minimum absolute atomic E-state index is 0.284. The quantitative estimate of drug-likeness (QED) is 0.445. The molecule has 8 heteroatoms. The van der Waals surface area contributed by atoms with Crippen molar-refractivity contribution in [1.29, 1.82) is 0 Å². The van der Waals surface area contributed by atoms with Gasteiger partial charge in [-0.25, -0.2) is 4.79 Å². The lowest BCUT2D eigenvalue weighted by Gasteiger charge is -2.30. The third-order valence-electron chi connectivity index (χ3n) is 5.65. The van der Waals surface area contributed by atoms with Crippen LogP contribution in [0.5, 0.6) is 0 Å². The first kappa shape index (κ1) is 21.0. The van der Waals surface area contributed by atoms with E-state index in [1.807, 2.05) is 24.3 Å². The molecule has 1 aliphatic heterocycles. The van der Waals surface area contributed by atoms with E-state index in [-0.39, 0.29) is 12.5 Å². The Labute approximate surface area is 190 Å². The smallest absolute Gasteiger partial charge is 0.340 e. The maximum atomic E-state index is 13.3. The minimum Gasteiger partial charge on any atom is -0.462 e. The summed E-state index contributed by atoms with van der Waals surface area (Å²) >= 11 is 0. The van der Waals surface area contributed by atoms with Crippen molar-refractivity contribution >= 4 is 34.4 Å². The Morgan fingerprint density at radius 3 is 2.58 bits per heavy atom. The van der Waals surface area contributed by atoms with Crippen molar-refractivity contribution in [2.75, 3.05) is 43.1 Å². The highest BCUT2D eigenvalue weighted by molar-refractivity contribution is 6.16. The minimum atomic E-state index is -0.391. The molecule has 1 saturated heterocycles. The highest BCUT2D eigenvalue weighted by Crippen LogP contribution is 2.37. The van der Waals surface area contributed by atoms with Gasteiger partial charge in [0.1, 0.15) is 11.2 Å². The fourth-order valence-electron chi connectivity index (χ4n) is 4.13. The van der Waals surface area contributed by atoms with Crippen LogP contribution in [-0.4, -0.2) is 49.8 Å². The van der Waals surface area contributed by atoms with Crippen LogP contribution in [0.15, 0.2) is 59.3 Å². The summed E-state index contributed by atoms with van der Waals surface area (Å²) in [4.78, 5) is 32.0. The highest BCUT2D eigenvalue weighted by atomic mass is 16.5. The molecule has 8 nitrogen and oxygen atoms in total. The SMILES string of the molecule is CCOC(=O)c1ccc(NC(=O)c2c(-c3ccncc3)c3ccc2o3)cc1N1CCOCC1. The van der Waals surface area contributed by atoms with Gasteiger partial charge in [0, 0.05) is 36.7 Å². The van der Waals surface area contributed by atoms with E-state index in [4.69, 9.17) is 13.9 Å². The molecule has 0 spiro atoms. The Bertz CT molecular complexity index is 1280. The number of esters is 1. The molecule has 0 saturated carbocycles. The molecule has 33 heavy (non-hydrogen) atoms. The lowest BCUT2D eigenvalue weighted by Crippen LogP contribution is -2.37. The number of benzene rings is 2. The van der Waals surface area contributed by atoms with Crippen LogP contribution in [0.3, 0.4) is 0 Å². The monoisotopic (exact) mass is 445 g/mol. The molecule has 1 fully saturated rings. The summed E-state index contributed by atoms with van der Waals surface area (Å²) in [6.45, 7) is 4.50. The average Bonchev–Trinajstić information content (AvgIpc) is 3.47. The number of hydrogen-bond acceptors (Lipinski definition) is 7. The molecule has 4 heterocycles. The average molecular weight is 445 g/mol. The first-order valence-corrected chi connectivity index (χ1v) is 10.9. The Balaban J connectivity index is 1.48. The number of pyridine rings is 1. The standard InChI is InChI=1S/C25H23N3O5/c1-2-32-25(30)18-4-3-17(15-19(18)28-11-13-31-14-12-28)27-24(29)23-21-6-5-20(33-21)22(23)16-7-9-26-10-8-16/h3-10,15H,2,11-14H2,1H3,(H,27,29). The fourth-order valence-corrected chi connectivity index (χ4v) is 4.13. The van der Waals surface area contributed by atoms with Gasteiger partial charge in [-0.2, -0.15) is 0 Å². The zero-order valence-electron chi connectivity index (χ0n) is 18.2. The van der Waals surface area contributed by atoms with E-state index in [1.54, 1.807) is 37.5 Å². The van der Waals surface area contributed by atoms with Crippen molar-refractivity contribution in [2.24, 2.45) is 0 Å². The van der Waals surface area contributed by atoms with E-state index < -0.39 is 5.97 Å². The van der Waals surface area contributed by atoms with Gasteiger partial charge in [0.25, 0.3) is 5.91 Å². The van der Waals surface area contributed by atoms with E-state index in [0.29, 0.717) is 60.0 Å². The normalized spacial score (nSPS) is 13.9. The number of morpholine rings is 1. The van der Waals surface area contributed by atoms with Gasteiger partial charge in [-0.05, 0) is 55.0 Å². The lowest BCUT2D eigenvalue weighted by atomic mass is 10.00. The van der Waals surface area contributed by atoms with Gasteiger partial charge in [0.05, 0.1) is 36.6 Å². The number of furan rings is 2. The summed E-state index contributed by atoms with van der Waals surface area (Å²) in [6, 6.07) is 12.5. The summed E-state index contributed by atoms with van der Waals surface area (Å²) in [5.41, 5.74) is 4.99. The van der Waals surface area contributed by atoms with E-state index in [2.05, 4.69) is 15.2 Å². The molecule has 0 unspecified atom stereocenters. The lowest BCUT2D eigenvalue weighted by molar-refractivity contribution is 0.0526. The van der Waals surface area contributed by atoms with Crippen molar-refractivity contribution < 1.29 is 23.5 Å². The molecular weight excluding hydrogens is 422 g/mol. The van der Waals surface area contributed by atoms with Crippen molar-refractivity contribution in [3.63, 3.8) is 0 Å². The van der Waals surface area contributed by atoms with Gasteiger partial charge in [-0.3, -0.25) is 9.78 Å². The fraction of sp³-hybridized carbons (Fsp3) is 0.240. The van der Waals surface area contributed by atoms with Crippen LogP contribution in [0.25, 0.3) is 22.3 Å². The maximum Gasteiger partial charge on any atom is 0.340 e. The van der Waals surface area contributed by atoms with Crippen molar-refractivity contribution in [3.8, 4) is 11.1 Å². The summed E-state index contributed by atoms with van der Waals surface area (Å²) in [7, 11) is 0. The number of aromatic nitrogens is 1. The second-order valence-electron chi connectivity index (χ2n) is 7.66. The Morgan fingerprint density at radius 1 is 1.06 bits per heavy atom. The number of hydrogen-bond donors (Lipinski definition) is 1. The molecule has 168 valence electrons. The summed E-state index contributed by atoms with van der Waals surface area (Å²) < 4.78 is 16.5. The number of amides is 1. The molecule has 0 radical (unpaired) electrons. The van der Waals surface area contributed by atoms with Gasteiger partial charge in [-0.1, -0.05) is 0 Å². The summed E-state index contributed by atoms with van der Waals surface area (Å²) in [6.07, 6.45) is 3.36. The zero-order chi connectivity index (χ0) is 22.8. The van der Waals surface area contributed by atoms with Gasteiger partial charge in [0.15, 0.2) is 0 Å². The number of nitrogens with zero attached hydrogens (tertiary/aromatic N) is 2. The van der Waals surface area contributed by atoms with Gasteiger partial charge in [0.2, 0.25) is 0 Å². The molecule has 1 aliphatic rings. The first-order valence-electron chi connectivity index (χ1n) is 10.9. The number of nitrogens with one attached hydrogen (secondary N) is 1. The van der Waals surface area contributed by atoms with E-state index in [1.165, 1.54) is 0 Å². The molecule has 2 bridgehead atoms. The topological polar surface area (TPSA) is 93.9 Å². The van der Waals surface area contributed by atoms with Crippen molar-refractivity contribution in [2.45, 2.75) is 6.92 Å². The molecule has 4 aromatic rings. The van der Waals surface area contributed by atoms with Crippen LogP contribution < -0.4 is 10.2 Å². The highest BCUT2D eigenvalue weighted by Gasteiger charge is 2.25. The number of ether oxygens (including phenoxy) is 2. The Morgan fingerprint density at radius 2 is 1.82 bits per heavy atom. The first-order chi connectivity index (χ1) is 16.2. The van der Waals surface area contributed by atoms with Crippen LogP contribution in [0.4, 0.5) is 11.4 Å². The van der Waals surface area contributed by atoms with Crippen LogP contribution in [0.1, 0.15) is 27.6 Å². The largest absolute Gasteiger partial charge is 0.462 e. The Hall–Kier alpha value is -3.91. The van der Waals surface area contributed by atoms with Crippen LogP contribution in [-0.2, 0) is 9.47 Å². The molecule has 5 rings (SSSR count). The van der Waals surface area contributed by atoms with Crippen molar-refractivity contribution in [1.82, 2.24) is 4.98 Å². The molecular formula is C25H23N3O5. The predicted octanol–water partition coefficient (Wildman–Crippen LogP) is 4.20. The van der Waals surface area contributed by atoms with Crippen molar-refractivity contribution in [3.05, 3.63) is 66.0 Å². The summed E-state index contributed by atoms with van der Waals surface area (Å²) in [5.74, 6) is -0.675. The number of carbonyl (C=O) groups is 2. The number of anilines is 2. The van der Waals surface area contributed by atoms with Crippen LogP contribution in [0.2, 0.25) is 0 Å². The third-order valence-corrected chi connectivity index (χ3v) is 5.65. The van der Waals surface area contributed by atoms with Crippen LogP contribution in [0, 0.1) is 0 Å². The number of rotatable bonds is 6. The van der Waals surface area contributed by atoms with E-state index in [9.17, 15) is 9.59 Å². The summed E-state index contributed by atoms with van der Waals surface area (Å²) in [5, 5.41) is 2.98. The van der Waals surface area contributed by atoms with Gasteiger partial charge < -0.3 is 24.1 Å². The zero-order valence-corrected chi connectivity index (χ0v) is 18.2. The molecule has 1 N–H and O–H groups in total. The third kappa shape index (κ3) is 4.01. The second-order valence-corrected chi connectivity index (χ2v) is 7.66. The van der Waals surface area contributed by atoms with E-state index >= 15 is 0 Å². The number of carbonyl (C=O) groups excluding carboxylic acids is 2. The predicted molar refractivity (Wildman–Crippen MR) is 124 cm³/mol. The number of fused-ring (bicyclic) bond motifs is 2. The molecule has 3 aromatic heterocycles.